The molecule has 1 unspecified atom stereocenters. The lowest BCUT2D eigenvalue weighted by atomic mass is 10.0. The second-order valence-electron chi connectivity index (χ2n) is 6.47. The van der Waals surface area contributed by atoms with Crippen LogP contribution in [0.2, 0.25) is 0 Å². The van der Waals surface area contributed by atoms with Gasteiger partial charge in [-0.3, -0.25) is 0 Å². The summed E-state index contributed by atoms with van der Waals surface area (Å²) in [5, 5.41) is 7.12. The first kappa shape index (κ1) is 15.4. The summed E-state index contributed by atoms with van der Waals surface area (Å²) in [7, 11) is 0. The minimum atomic E-state index is 0.646. The molecule has 2 heteroatoms. The van der Waals surface area contributed by atoms with Gasteiger partial charge in [0.05, 0.1) is 0 Å². The fourth-order valence-corrected chi connectivity index (χ4v) is 2.97. The predicted molar refractivity (Wildman–Crippen MR) is 88.5 cm³/mol. The Morgan fingerprint density at radius 1 is 1.15 bits per heavy atom. The Kier molecular flexibility index (Phi) is 6.38. The first-order chi connectivity index (χ1) is 9.77. The van der Waals surface area contributed by atoms with E-state index in [1.807, 2.05) is 0 Å². The summed E-state index contributed by atoms with van der Waals surface area (Å²) in [5.74, 6) is 1.51. The van der Waals surface area contributed by atoms with Crippen LogP contribution in [0.15, 0.2) is 24.3 Å². The highest BCUT2D eigenvalue weighted by atomic mass is 14.9. The Labute approximate surface area is 124 Å². The quantitative estimate of drug-likeness (QED) is 0.653. The van der Waals surface area contributed by atoms with Gasteiger partial charge in [-0.1, -0.05) is 57.7 Å². The number of hydrogen-bond donors (Lipinski definition) is 2. The minimum absolute atomic E-state index is 0.646. The van der Waals surface area contributed by atoms with Gasteiger partial charge in [0.2, 0.25) is 0 Å². The third-order valence-electron chi connectivity index (χ3n) is 4.22. The van der Waals surface area contributed by atoms with E-state index < -0.39 is 0 Å². The average Bonchev–Trinajstić information content (AvgIpc) is 2.85. The van der Waals surface area contributed by atoms with Crippen LogP contribution in [0.4, 0.5) is 5.69 Å². The molecular formula is C18H30N2. The Balaban J connectivity index is 1.52. The summed E-state index contributed by atoms with van der Waals surface area (Å²) in [6.45, 7) is 7.99. The zero-order chi connectivity index (χ0) is 14.2. The molecule has 20 heavy (non-hydrogen) atoms. The third kappa shape index (κ3) is 4.82. The highest BCUT2D eigenvalue weighted by Crippen LogP contribution is 2.30. The van der Waals surface area contributed by atoms with E-state index >= 15 is 0 Å². The summed E-state index contributed by atoms with van der Waals surface area (Å²) in [6, 6.07) is 8.70. The molecule has 1 aliphatic rings. The van der Waals surface area contributed by atoms with Crippen LogP contribution in [-0.2, 0) is 0 Å². The van der Waals surface area contributed by atoms with Gasteiger partial charge in [0.25, 0.3) is 0 Å². The number of benzene rings is 1. The van der Waals surface area contributed by atoms with E-state index in [2.05, 4.69) is 48.7 Å². The molecule has 0 aliphatic carbocycles. The summed E-state index contributed by atoms with van der Waals surface area (Å²) >= 11 is 0. The summed E-state index contributed by atoms with van der Waals surface area (Å²) in [5.41, 5.74) is 2.81. The number of nitrogens with one attached hydrogen (secondary N) is 2. The molecule has 1 atom stereocenters. The number of hydrogen-bond acceptors (Lipinski definition) is 2. The normalized spacial score (nSPS) is 17.2. The van der Waals surface area contributed by atoms with Crippen LogP contribution in [0, 0.1) is 5.92 Å². The molecule has 0 aromatic heterocycles. The second-order valence-corrected chi connectivity index (χ2v) is 6.47. The lowest BCUT2D eigenvalue weighted by Crippen LogP contribution is -2.23. The summed E-state index contributed by atoms with van der Waals surface area (Å²) in [4.78, 5) is 0. The van der Waals surface area contributed by atoms with Crippen molar-refractivity contribution in [2.24, 2.45) is 5.92 Å². The zero-order valence-electron chi connectivity index (χ0n) is 13.1. The van der Waals surface area contributed by atoms with Crippen LogP contribution in [-0.4, -0.2) is 19.6 Å². The van der Waals surface area contributed by atoms with Gasteiger partial charge in [-0.25, -0.2) is 0 Å². The van der Waals surface area contributed by atoms with Crippen LogP contribution < -0.4 is 10.6 Å². The maximum atomic E-state index is 3.63. The largest absolute Gasteiger partial charge is 0.384 e. The molecular weight excluding hydrogens is 244 g/mol. The fraction of sp³-hybridized carbons (Fsp3) is 0.667. The molecule has 2 nitrogen and oxygen atoms in total. The van der Waals surface area contributed by atoms with Gasteiger partial charge in [0, 0.05) is 24.7 Å². The maximum absolute atomic E-state index is 3.63. The van der Waals surface area contributed by atoms with Crippen molar-refractivity contribution in [2.45, 2.75) is 51.9 Å². The molecule has 0 spiro atoms. The molecule has 0 saturated carbocycles. The Hall–Kier alpha value is -1.02. The molecule has 0 amide bonds. The Morgan fingerprint density at radius 2 is 1.95 bits per heavy atom. The van der Waals surface area contributed by atoms with E-state index in [1.165, 1.54) is 49.9 Å². The topological polar surface area (TPSA) is 24.1 Å². The van der Waals surface area contributed by atoms with Crippen LogP contribution in [0.25, 0.3) is 0 Å². The van der Waals surface area contributed by atoms with Gasteiger partial charge < -0.3 is 10.6 Å². The lowest BCUT2D eigenvalue weighted by molar-refractivity contribution is 0.508. The molecule has 0 radical (unpaired) electrons. The van der Waals surface area contributed by atoms with Gasteiger partial charge in [-0.2, -0.15) is 0 Å². The molecule has 0 saturated heterocycles. The van der Waals surface area contributed by atoms with Crippen LogP contribution in [0.5, 0.6) is 0 Å². The highest BCUT2D eigenvalue weighted by molar-refractivity contribution is 5.57. The van der Waals surface area contributed by atoms with Crippen LogP contribution >= 0.6 is 0 Å². The Bertz CT molecular complexity index is 387. The van der Waals surface area contributed by atoms with Gasteiger partial charge in [0.15, 0.2) is 0 Å². The van der Waals surface area contributed by atoms with Crippen LogP contribution in [0.1, 0.15) is 57.4 Å². The van der Waals surface area contributed by atoms with Crippen molar-refractivity contribution < 1.29 is 0 Å². The Morgan fingerprint density at radius 3 is 2.80 bits per heavy atom. The molecule has 1 aromatic carbocycles. The maximum Gasteiger partial charge on any atom is 0.0376 e. The molecule has 1 heterocycles. The van der Waals surface area contributed by atoms with Crippen molar-refractivity contribution in [3.63, 3.8) is 0 Å². The lowest BCUT2D eigenvalue weighted by Gasteiger charge is -2.11. The number of rotatable bonds is 9. The van der Waals surface area contributed by atoms with Crippen molar-refractivity contribution in [1.82, 2.24) is 5.32 Å². The highest BCUT2D eigenvalue weighted by Gasteiger charge is 2.20. The SMILES string of the molecule is CC(C)CCCCCCNCC1CNc2ccccc21. The smallest absolute Gasteiger partial charge is 0.0376 e. The molecule has 0 fully saturated rings. The molecule has 0 bridgehead atoms. The van der Waals surface area contributed by atoms with Crippen molar-refractivity contribution in [3.05, 3.63) is 29.8 Å². The molecule has 1 aliphatic heterocycles. The number of fused-ring (bicyclic) bond motifs is 1. The molecule has 2 rings (SSSR count). The van der Waals surface area contributed by atoms with Crippen LogP contribution in [0.3, 0.4) is 0 Å². The second kappa shape index (κ2) is 8.31. The minimum Gasteiger partial charge on any atom is -0.384 e. The molecule has 2 N–H and O–H groups in total. The first-order valence-corrected chi connectivity index (χ1v) is 8.31. The standard InChI is InChI=1S/C18H30N2/c1-15(2)9-5-3-4-8-12-19-13-16-14-20-18-11-7-6-10-17(16)18/h6-7,10-11,15-16,19-20H,3-5,8-9,12-14H2,1-2H3. The van der Waals surface area contributed by atoms with E-state index in [9.17, 15) is 0 Å². The van der Waals surface area contributed by atoms with Gasteiger partial charge in [0.1, 0.15) is 0 Å². The number of anilines is 1. The zero-order valence-corrected chi connectivity index (χ0v) is 13.1. The molecule has 1 aromatic rings. The number of para-hydroxylation sites is 1. The summed E-state index contributed by atoms with van der Waals surface area (Å²) in [6.07, 6.45) is 6.88. The van der Waals surface area contributed by atoms with E-state index in [0.717, 1.165) is 19.0 Å². The van der Waals surface area contributed by atoms with Gasteiger partial charge in [-0.05, 0) is 30.5 Å². The first-order valence-electron chi connectivity index (χ1n) is 8.31. The molecule has 112 valence electrons. The number of unbranched alkanes of at least 4 members (excludes halogenated alkanes) is 3. The van der Waals surface area contributed by atoms with Crippen molar-refractivity contribution >= 4 is 5.69 Å². The van der Waals surface area contributed by atoms with E-state index in [-0.39, 0.29) is 0 Å². The monoisotopic (exact) mass is 274 g/mol. The third-order valence-corrected chi connectivity index (χ3v) is 4.22. The van der Waals surface area contributed by atoms with Gasteiger partial charge >= 0.3 is 0 Å². The van der Waals surface area contributed by atoms with Crippen molar-refractivity contribution in [2.75, 3.05) is 25.0 Å². The average molecular weight is 274 g/mol. The van der Waals surface area contributed by atoms with E-state index in [4.69, 9.17) is 0 Å². The van der Waals surface area contributed by atoms with Crippen molar-refractivity contribution in [1.29, 1.82) is 0 Å². The van der Waals surface area contributed by atoms with Gasteiger partial charge in [-0.15, -0.1) is 0 Å². The van der Waals surface area contributed by atoms with E-state index in [1.54, 1.807) is 0 Å². The summed E-state index contributed by atoms with van der Waals surface area (Å²) < 4.78 is 0. The van der Waals surface area contributed by atoms with Crippen molar-refractivity contribution in [3.8, 4) is 0 Å². The van der Waals surface area contributed by atoms with E-state index in [0.29, 0.717) is 5.92 Å². The fourth-order valence-electron chi connectivity index (χ4n) is 2.97. The predicted octanol–water partition coefficient (Wildman–Crippen LogP) is 4.39.